The van der Waals surface area contributed by atoms with Gasteiger partial charge in [0.1, 0.15) is 11.3 Å². The Morgan fingerprint density at radius 3 is 2.31 bits per heavy atom. The van der Waals surface area contributed by atoms with Crippen molar-refractivity contribution in [3.05, 3.63) is 90.8 Å². The monoisotopic (exact) mass is 670 g/mol. The number of aromatic nitrogens is 3. The number of imidazole rings is 1. The van der Waals surface area contributed by atoms with E-state index >= 15 is 0 Å². The van der Waals surface area contributed by atoms with Gasteiger partial charge in [0.2, 0.25) is 0 Å². The molecule has 0 bridgehead atoms. The van der Waals surface area contributed by atoms with Crippen LogP contribution in [0.1, 0.15) is 12.5 Å². The zero-order chi connectivity index (χ0) is 24.5. The molecular weight excluding hydrogens is 649 g/mol. The zero-order valence-corrected chi connectivity index (χ0v) is 21.6. The number of aliphatic carboxylic acids is 1. The zero-order valence-electron chi connectivity index (χ0n) is 18.6. The Morgan fingerprint density at radius 1 is 1.03 bits per heavy atom. The third-order valence-corrected chi connectivity index (χ3v) is 5.08. The van der Waals surface area contributed by atoms with Crippen LogP contribution in [0.3, 0.4) is 0 Å². The van der Waals surface area contributed by atoms with Crippen LogP contribution in [-0.4, -0.2) is 37.0 Å². The molecule has 2 aromatic carbocycles. The van der Waals surface area contributed by atoms with E-state index in [1.807, 2.05) is 36.5 Å². The SMILES string of the molecule is CC(=O)O.ClCc1ccn2c(-c3ccc4ccccc4c3)c(-c3ccccn3)nc2c1.O=CO.[Pt]. The number of alkyl halides is 1. The number of benzene rings is 2. The molecule has 0 aliphatic carbocycles. The number of carboxylic acids is 1. The van der Waals surface area contributed by atoms with Crippen LogP contribution in [0, 0.1) is 0 Å². The van der Waals surface area contributed by atoms with E-state index in [-0.39, 0.29) is 27.5 Å². The molecule has 9 heteroatoms. The Kier molecular flexibility index (Phi) is 10.6. The van der Waals surface area contributed by atoms with Gasteiger partial charge >= 0.3 is 0 Å². The fraction of sp³-hybridized carbons (Fsp3) is 0.0769. The van der Waals surface area contributed by atoms with E-state index in [1.54, 1.807) is 6.20 Å². The first-order valence-electron chi connectivity index (χ1n) is 10.2. The molecule has 5 rings (SSSR count). The smallest absolute Gasteiger partial charge is 0.300 e. The molecule has 0 aliphatic rings. The first kappa shape index (κ1) is 27.7. The number of carboxylic acid groups (broad SMARTS) is 2. The van der Waals surface area contributed by atoms with E-state index in [0.29, 0.717) is 5.88 Å². The molecule has 0 atom stereocenters. The quantitative estimate of drug-likeness (QED) is 0.187. The maximum Gasteiger partial charge on any atom is 0.300 e. The molecule has 182 valence electrons. The van der Waals surface area contributed by atoms with Crippen LogP contribution in [-0.2, 0) is 36.5 Å². The molecule has 0 radical (unpaired) electrons. The van der Waals surface area contributed by atoms with Crippen molar-refractivity contribution in [2.24, 2.45) is 0 Å². The molecule has 0 saturated carbocycles. The average Bonchev–Trinajstić information content (AvgIpc) is 3.23. The van der Waals surface area contributed by atoms with Gasteiger partial charge in [-0.3, -0.25) is 19.0 Å². The standard InChI is InChI=1S/C23H16ClN3.C2H4O2.CH2O2.Pt/c24-15-16-10-12-27-21(13-16)26-22(20-7-3-4-11-25-20)23(27)19-9-8-17-5-1-2-6-18(17)14-19;1-2(3)4;2-1-3;/h1-14H,15H2;1H3,(H,3,4);1H,(H,2,3);. The molecular formula is C26H22ClN3O4Pt. The van der Waals surface area contributed by atoms with E-state index in [2.05, 4.69) is 51.8 Å². The Balaban J connectivity index is 0.000000484. The second-order valence-electron chi connectivity index (χ2n) is 7.11. The molecule has 0 saturated heterocycles. The summed E-state index contributed by atoms with van der Waals surface area (Å²) in [6, 6.07) is 24.9. The molecule has 0 aliphatic heterocycles. The molecule has 5 aromatic rings. The van der Waals surface area contributed by atoms with E-state index in [4.69, 9.17) is 36.4 Å². The molecule has 0 fully saturated rings. The van der Waals surface area contributed by atoms with Gasteiger partial charge in [0.05, 0.1) is 11.4 Å². The van der Waals surface area contributed by atoms with Gasteiger partial charge in [-0.15, -0.1) is 11.6 Å². The average molecular weight is 671 g/mol. The van der Waals surface area contributed by atoms with Crippen molar-refractivity contribution in [3.63, 3.8) is 0 Å². The molecule has 2 N–H and O–H groups in total. The van der Waals surface area contributed by atoms with Crippen molar-refractivity contribution in [3.8, 4) is 22.6 Å². The number of halogens is 1. The van der Waals surface area contributed by atoms with Crippen LogP contribution in [0.2, 0.25) is 0 Å². The maximum absolute atomic E-state index is 9.00. The Labute approximate surface area is 221 Å². The van der Waals surface area contributed by atoms with E-state index in [1.165, 1.54) is 10.8 Å². The van der Waals surface area contributed by atoms with Crippen LogP contribution in [0.25, 0.3) is 39.1 Å². The molecule has 0 unspecified atom stereocenters. The topological polar surface area (TPSA) is 105 Å². The summed E-state index contributed by atoms with van der Waals surface area (Å²) < 4.78 is 2.12. The van der Waals surface area contributed by atoms with E-state index in [9.17, 15) is 0 Å². The molecule has 3 aromatic heterocycles. The summed E-state index contributed by atoms with van der Waals surface area (Å²) in [5.74, 6) is -0.367. The fourth-order valence-corrected chi connectivity index (χ4v) is 3.63. The first-order chi connectivity index (χ1) is 16.5. The number of carbonyl (C=O) groups is 2. The van der Waals surface area contributed by atoms with Crippen molar-refractivity contribution < 1.29 is 40.9 Å². The van der Waals surface area contributed by atoms with Crippen LogP contribution < -0.4 is 0 Å². The van der Waals surface area contributed by atoms with Gasteiger partial charge in [-0.05, 0) is 46.7 Å². The summed E-state index contributed by atoms with van der Waals surface area (Å²) >= 11 is 6.02. The van der Waals surface area contributed by atoms with E-state index in [0.717, 1.165) is 40.8 Å². The predicted octanol–water partition coefficient (Wildman–Crippen LogP) is 5.74. The third-order valence-electron chi connectivity index (χ3n) is 4.78. The molecule has 0 amide bonds. The van der Waals surface area contributed by atoms with Gasteiger partial charge in [0.15, 0.2) is 0 Å². The van der Waals surface area contributed by atoms with Crippen molar-refractivity contribution in [2.45, 2.75) is 12.8 Å². The minimum atomic E-state index is -0.833. The number of hydrogen-bond donors (Lipinski definition) is 2. The minimum Gasteiger partial charge on any atom is -0.483 e. The Hall–Kier alpha value is -3.54. The van der Waals surface area contributed by atoms with Gasteiger partial charge < -0.3 is 10.2 Å². The summed E-state index contributed by atoms with van der Waals surface area (Å²) in [6.45, 7) is 0.833. The summed E-state index contributed by atoms with van der Waals surface area (Å²) in [6.07, 6.45) is 3.84. The van der Waals surface area contributed by atoms with Crippen LogP contribution in [0.15, 0.2) is 85.2 Å². The van der Waals surface area contributed by atoms with Crippen molar-refractivity contribution in [1.82, 2.24) is 14.4 Å². The number of hydrogen-bond acceptors (Lipinski definition) is 4. The normalized spacial score (nSPS) is 9.77. The van der Waals surface area contributed by atoms with Gasteiger partial charge in [-0.2, -0.15) is 0 Å². The largest absolute Gasteiger partial charge is 0.483 e. The van der Waals surface area contributed by atoms with Crippen LogP contribution in [0.5, 0.6) is 0 Å². The van der Waals surface area contributed by atoms with Crippen molar-refractivity contribution in [1.29, 1.82) is 0 Å². The van der Waals surface area contributed by atoms with Gasteiger partial charge in [0, 0.05) is 51.8 Å². The van der Waals surface area contributed by atoms with Crippen molar-refractivity contribution in [2.75, 3.05) is 0 Å². The second kappa shape index (κ2) is 13.4. The number of fused-ring (bicyclic) bond motifs is 2. The molecule has 3 heterocycles. The Morgan fingerprint density at radius 2 is 1.69 bits per heavy atom. The first-order valence-corrected chi connectivity index (χ1v) is 10.8. The van der Waals surface area contributed by atoms with Crippen LogP contribution in [0.4, 0.5) is 0 Å². The fourth-order valence-electron chi connectivity index (χ4n) is 3.46. The maximum atomic E-state index is 9.00. The number of rotatable bonds is 3. The van der Waals surface area contributed by atoms with Crippen LogP contribution >= 0.6 is 11.6 Å². The van der Waals surface area contributed by atoms with Gasteiger partial charge in [-0.1, -0.05) is 42.5 Å². The summed E-state index contributed by atoms with van der Waals surface area (Å²) in [5, 5.41) is 16.7. The molecule has 0 spiro atoms. The summed E-state index contributed by atoms with van der Waals surface area (Å²) in [4.78, 5) is 26.8. The van der Waals surface area contributed by atoms with Crippen molar-refractivity contribution >= 4 is 40.5 Å². The van der Waals surface area contributed by atoms with Gasteiger partial charge in [-0.25, -0.2) is 4.98 Å². The van der Waals surface area contributed by atoms with E-state index < -0.39 is 5.97 Å². The summed E-state index contributed by atoms with van der Waals surface area (Å²) in [5.41, 5.74) is 5.80. The molecule has 35 heavy (non-hydrogen) atoms. The Bertz CT molecular complexity index is 1420. The number of pyridine rings is 2. The minimum absolute atomic E-state index is 0. The van der Waals surface area contributed by atoms with Gasteiger partial charge in [0.25, 0.3) is 12.4 Å². The predicted molar refractivity (Wildman–Crippen MR) is 133 cm³/mol. The second-order valence-corrected chi connectivity index (χ2v) is 7.37. The third kappa shape index (κ3) is 6.98. The molecule has 7 nitrogen and oxygen atoms in total. The number of nitrogens with zero attached hydrogens (tertiary/aromatic N) is 3. The summed E-state index contributed by atoms with van der Waals surface area (Å²) in [7, 11) is 0.